The van der Waals surface area contributed by atoms with Gasteiger partial charge in [-0.3, -0.25) is 0 Å². The molecule has 0 bridgehead atoms. The molecule has 0 unspecified atom stereocenters. The quantitative estimate of drug-likeness (QED) is 0.640. The van der Waals surface area contributed by atoms with Crippen molar-refractivity contribution in [3.05, 3.63) is 0 Å². The van der Waals surface area contributed by atoms with Gasteiger partial charge in [-0.15, -0.1) is 0 Å². The summed E-state index contributed by atoms with van der Waals surface area (Å²) in [6, 6.07) is 0. The highest BCUT2D eigenvalue weighted by Gasteiger charge is 2.16. The summed E-state index contributed by atoms with van der Waals surface area (Å²) in [5, 5.41) is 0. The maximum absolute atomic E-state index is 5.63. The van der Waals surface area contributed by atoms with E-state index in [9.17, 15) is 0 Å². The second-order valence-corrected chi connectivity index (χ2v) is 6.52. The maximum atomic E-state index is 5.63. The smallest absolute Gasteiger partial charge is 0.158 e. The van der Waals surface area contributed by atoms with Crippen LogP contribution < -0.4 is 0 Å². The Morgan fingerprint density at radius 3 is 1.89 bits per heavy atom. The van der Waals surface area contributed by atoms with Gasteiger partial charge in [-0.1, -0.05) is 27.7 Å². The van der Waals surface area contributed by atoms with Gasteiger partial charge in [0.15, 0.2) is 6.29 Å². The minimum absolute atomic E-state index is 0.0364. The van der Waals surface area contributed by atoms with Gasteiger partial charge in [-0.05, 0) is 44.2 Å². The molecule has 1 saturated heterocycles. The average molecular weight is 271 g/mol. The van der Waals surface area contributed by atoms with Gasteiger partial charge in [-0.2, -0.15) is 0 Å². The molecule has 1 aliphatic rings. The zero-order valence-electron chi connectivity index (χ0n) is 13.4. The van der Waals surface area contributed by atoms with E-state index in [-0.39, 0.29) is 6.29 Å². The van der Waals surface area contributed by atoms with E-state index in [0.29, 0.717) is 0 Å². The molecule has 0 aliphatic carbocycles. The van der Waals surface area contributed by atoms with Crippen molar-refractivity contribution in [2.45, 2.75) is 59.7 Å². The van der Waals surface area contributed by atoms with Crippen LogP contribution in [0.1, 0.15) is 53.4 Å². The van der Waals surface area contributed by atoms with Gasteiger partial charge in [0.05, 0.1) is 13.2 Å². The van der Waals surface area contributed by atoms with E-state index < -0.39 is 0 Å². The summed E-state index contributed by atoms with van der Waals surface area (Å²) >= 11 is 0. The lowest BCUT2D eigenvalue weighted by Crippen LogP contribution is -2.33. The fraction of sp³-hybridized carbons (Fsp3) is 1.00. The summed E-state index contributed by atoms with van der Waals surface area (Å²) in [6.07, 6.45) is 4.65. The highest BCUT2D eigenvalue weighted by Crippen LogP contribution is 2.12. The van der Waals surface area contributed by atoms with Crippen molar-refractivity contribution in [3.8, 4) is 0 Å². The molecule has 1 aliphatic heterocycles. The summed E-state index contributed by atoms with van der Waals surface area (Å²) < 4.78 is 11.3. The lowest BCUT2D eigenvalue weighted by atomic mass is 10.1. The molecule has 0 spiro atoms. The number of rotatable bonds is 9. The van der Waals surface area contributed by atoms with Crippen LogP contribution in [0.4, 0.5) is 0 Å². The molecule has 1 rings (SSSR count). The maximum Gasteiger partial charge on any atom is 0.158 e. The summed E-state index contributed by atoms with van der Waals surface area (Å²) in [4.78, 5) is 2.58. The highest BCUT2D eigenvalue weighted by molar-refractivity contribution is 4.63. The minimum Gasteiger partial charge on any atom is -0.353 e. The zero-order chi connectivity index (χ0) is 14.1. The van der Waals surface area contributed by atoms with Crippen LogP contribution in [0.2, 0.25) is 0 Å². The van der Waals surface area contributed by atoms with E-state index in [1.54, 1.807) is 0 Å². The van der Waals surface area contributed by atoms with Gasteiger partial charge >= 0.3 is 0 Å². The monoisotopic (exact) mass is 271 g/mol. The molecule has 1 heterocycles. The molecule has 1 fully saturated rings. The Morgan fingerprint density at radius 2 is 1.42 bits per heavy atom. The van der Waals surface area contributed by atoms with Crippen LogP contribution in [-0.2, 0) is 9.47 Å². The third-order valence-corrected chi connectivity index (χ3v) is 3.62. The van der Waals surface area contributed by atoms with Crippen LogP contribution >= 0.6 is 0 Å². The molecule has 0 amide bonds. The van der Waals surface area contributed by atoms with Crippen molar-refractivity contribution in [3.63, 3.8) is 0 Å². The predicted octanol–water partition coefficient (Wildman–Crippen LogP) is 3.53. The van der Waals surface area contributed by atoms with Gasteiger partial charge in [0.1, 0.15) is 0 Å². The fourth-order valence-electron chi connectivity index (χ4n) is 2.21. The molecule has 19 heavy (non-hydrogen) atoms. The Labute approximate surface area is 119 Å². The van der Waals surface area contributed by atoms with E-state index in [0.717, 1.165) is 44.4 Å². The van der Waals surface area contributed by atoms with Crippen LogP contribution in [0.3, 0.4) is 0 Å². The number of hydrogen-bond acceptors (Lipinski definition) is 3. The largest absolute Gasteiger partial charge is 0.353 e. The topological polar surface area (TPSA) is 21.7 Å². The second kappa shape index (κ2) is 9.73. The highest BCUT2D eigenvalue weighted by atomic mass is 16.7. The van der Waals surface area contributed by atoms with E-state index in [1.165, 1.54) is 25.9 Å². The predicted molar refractivity (Wildman–Crippen MR) is 80.3 cm³/mol. The molecule has 3 nitrogen and oxygen atoms in total. The molecule has 0 atom stereocenters. The SMILES string of the molecule is CC(C)CCN(CCC(C)C)CCC1OCCCO1. The first-order valence-corrected chi connectivity index (χ1v) is 8.03. The Bertz CT molecular complexity index is 201. The van der Waals surface area contributed by atoms with Gasteiger partial charge in [0.2, 0.25) is 0 Å². The summed E-state index contributed by atoms with van der Waals surface area (Å²) in [7, 11) is 0. The van der Waals surface area contributed by atoms with Gasteiger partial charge < -0.3 is 14.4 Å². The Kier molecular flexibility index (Phi) is 8.67. The molecule has 0 N–H and O–H groups in total. The van der Waals surface area contributed by atoms with Gasteiger partial charge in [-0.25, -0.2) is 0 Å². The first-order chi connectivity index (χ1) is 9.08. The van der Waals surface area contributed by atoms with E-state index >= 15 is 0 Å². The van der Waals surface area contributed by atoms with Crippen molar-refractivity contribution >= 4 is 0 Å². The van der Waals surface area contributed by atoms with Crippen LogP contribution in [0.25, 0.3) is 0 Å². The summed E-state index contributed by atoms with van der Waals surface area (Å²) in [5.74, 6) is 1.56. The van der Waals surface area contributed by atoms with E-state index in [4.69, 9.17) is 9.47 Å². The minimum atomic E-state index is 0.0364. The molecule has 3 heteroatoms. The second-order valence-electron chi connectivity index (χ2n) is 6.52. The molecule has 0 aromatic heterocycles. The van der Waals surface area contributed by atoms with Crippen molar-refractivity contribution in [2.75, 3.05) is 32.8 Å². The van der Waals surface area contributed by atoms with Crippen LogP contribution in [0.15, 0.2) is 0 Å². The number of hydrogen-bond donors (Lipinski definition) is 0. The molecule has 0 aromatic rings. The first-order valence-electron chi connectivity index (χ1n) is 8.03. The first kappa shape index (κ1) is 16.9. The third-order valence-electron chi connectivity index (χ3n) is 3.62. The Balaban J connectivity index is 2.25. The number of ether oxygens (including phenoxy) is 2. The van der Waals surface area contributed by atoms with Crippen molar-refractivity contribution in [2.24, 2.45) is 11.8 Å². The standard InChI is InChI=1S/C16H33NO2/c1-14(2)6-9-17(10-7-15(3)4)11-8-16-18-12-5-13-19-16/h14-16H,5-13H2,1-4H3. The normalized spacial score (nSPS) is 17.8. The molecule has 114 valence electrons. The molecular weight excluding hydrogens is 238 g/mol. The van der Waals surface area contributed by atoms with E-state index in [2.05, 4.69) is 32.6 Å². The number of nitrogens with zero attached hydrogens (tertiary/aromatic N) is 1. The van der Waals surface area contributed by atoms with Gasteiger partial charge in [0.25, 0.3) is 0 Å². The summed E-state index contributed by atoms with van der Waals surface area (Å²) in [6.45, 7) is 14.4. The average Bonchev–Trinajstić information content (AvgIpc) is 2.38. The lowest BCUT2D eigenvalue weighted by Gasteiger charge is -2.28. The summed E-state index contributed by atoms with van der Waals surface area (Å²) in [5.41, 5.74) is 0. The van der Waals surface area contributed by atoms with Crippen LogP contribution in [0, 0.1) is 11.8 Å². The Hall–Kier alpha value is -0.120. The zero-order valence-corrected chi connectivity index (χ0v) is 13.4. The lowest BCUT2D eigenvalue weighted by molar-refractivity contribution is -0.182. The third kappa shape index (κ3) is 8.61. The van der Waals surface area contributed by atoms with Gasteiger partial charge in [0, 0.05) is 13.0 Å². The van der Waals surface area contributed by atoms with Crippen LogP contribution in [0.5, 0.6) is 0 Å². The van der Waals surface area contributed by atoms with Crippen molar-refractivity contribution in [1.29, 1.82) is 0 Å². The van der Waals surface area contributed by atoms with Crippen molar-refractivity contribution in [1.82, 2.24) is 4.90 Å². The Morgan fingerprint density at radius 1 is 0.895 bits per heavy atom. The van der Waals surface area contributed by atoms with E-state index in [1.807, 2.05) is 0 Å². The van der Waals surface area contributed by atoms with Crippen LogP contribution in [-0.4, -0.2) is 44.0 Å². The molecule has 0 aromatic carbocycles. The molecule has 0 radical (unpaired) electrons. The molecule has 0 saturated carbocycles. The van der Waals surface area contributed by atoms with Crippen molar-refractivity contribution < 1.29 is 9.47 Å². The fourth-order valence-corrected chi connectivity index (χ4v) is 2.21. The molecular formula is C16H33NO2.